The van der Waals surface area contributed by atoms with E-state index in [1.807, 2.05) is 24.8 Å². The van der Waals surface area contributed by atoms with Gasteiger partial charge in [-0.3, -0.25) is 9.48 Å². The third kappa shape index (κ3) is 2.79. The normalized spacial score (nSPS) is 15.2. The number of piperazine rings is 1. The van der Waals surface area contributed by atoms with Gasteiger partial charge in [-0.05, 0) is 26.0 Å². The summed E-state index contributed by atoms with van der Waals surface area (Å²) in [6.07, 6.45) is 3.48. The van der Waals surface area contributed by atoms with Crippen molar-refractivity contribution in [3.05, 3.63) is 35.9 Å². The Hall–Kier alpha value is -2.44. The van der Waals surface area contributed by atoms with Crippen LogP contribution in [0.2, 0.25) is 0 Å². The largest absolute Gasteiger partial charge is 0.337 e. The van der Waals surface area contributed by atoms with Crippen LogP contribution < -0.4 is 4.90 Å². The third-order valence-corrected chi connectivity index (χ3v) is 3.82. The molecule has 1 saturated heterocycles. The van der Waals surface area contributed by atoms with Crippen LogP contribution in [-0.4, -0.2) is 56.7 Å². The summed E-state index contributed by atoms with van der Waals surface area (Å²) in [5, 5.41) is 4.35. The minimum Gasteiger partial charge on any atom is -0.337 e. The van der Waals surface area contributed by atoms with Gasteiger partial charge in [0, 0.05) is 45.1 Å². The summed E-state index contributed by atoms with van der Waals surface area (Å²) in [6.45, 7) is 7.44. The van der Waals surface area contributed by atoms with Crippen molar-refractivity contribution < 1.29 is 4.79 Å². The maximum absolute atomic E-state index is 12.7. The van der Waals surface area contributed by atoms with Crippen LogP contribution in [0.4, 0.5) is 5.95 Å². The highest BCUT2D eigenvalue weighted by molar-refractivity contribution is 5.92. The Kier molecular flexibility index (Phi) is 4.04. The van der Waals surface area contributed by atoms with Gasteiger partial charge in [-0.25, -0.2) is 9.97 Å². The molecule has 1 fully saturated rings. The van der Waals surface area contributed by atoms with E-state index in [4.69, 9.17) is 0 Å². The molecule has 0 saturated carbocycles. The van der Waals surface area contributed by atoms with Crippen molar-refractivity contribution in [2.45, 2.75) is 20.4 Å². The first-order valence-electron chi connectivity index (χ1n) is 7.54. The second-order valence-corrected chi connectivity index (χ2v) is 5.31. The summed E-state index contributed by atoms with van der Waals surface area (Å²) in [6, 6.07) is 3.66. The molecular formula is C15H20N6O. The molecule has 3 heterocycles. The molecule has 0 unspecified atom stereocenters. The second-order valence-electron chi connectivity index (χ2n) is 5.31. The van der Waals surface area contributed by atoms with Crippen LogP contribution in [-0.2, 0) is 6.54 Å². The molecule has 0 atom stereocenters. The Morgan fingerprint density at radius 3 is 2.50 bits per heavy atom. The van der Waals surface area contributed by atoms with Crippen LogP contribution >= 0.6 is 0 Å². The third-order valence-electron chi connectivity index (χ3n) is 3.82. The zero-order chi connectivity index (χ0) is 15.5. The van der Waals surface area contributed by atoms with Crippen molar-refractivity contribution in [2.24, 2.45) is 0 Å². The predicted molar refractivity (Wildman–Crippen MR) is 82.8 cm³/mol. The number of anilines is 1. The van der Waals surface area contributed by atoms with Crippen LogP contribution in [0.15, 0.2) is 24.5 Å². The highest BCUT2D eigenvalue weighted by atomic mass is 16.2. The predicted octanol–water partition coefficient (Wildman–Crippen LogP) is 0.964. The zero-order valence-corrected chi connectivity index (χ0v) is 12.9. The fourth-order valence-corrected chi connectivity index (χ4v) is 2.68. The van der Waals surface area contributed by atoms with Gasteiger partial charge in [-0.15, -0.1) is 0 Å². The maximum Gasteiger partial charge on any atom is 0.272 e. The molecular weight excluding hydrogens is 280 g/mol. The maximum atomic E-state index is 12.7. The summed E-state index contributed by atoms with van der Waals surface area (Å²) in [5.74, 6) is 0.778. The Morgan fingerprint density at radius 1 is 1.18 bits per heavy atom. The van der Waals surface area contributed by atoms with Gasteiger partial charge in [0.05, 0.1) is 5.69 Å². The fourth-order valence-electron chi connectivity index (χ4n) is 2.68. The monoisotopic (exact) mass is 300 g/mol. The first-order chi connectivity index (χ1) is 10.7. The minimum atomic E-state index is 0.0519. The van der Waals surface area contributed by atoms with E-state index < -0.39 is 0 Å². The Labute approximate surface area is 129 Å². The van der Waals surface area contributed by atoms with E-state index in [2.05, 4.69) is 20.0 Å². The van der Waals surface area contributed by atoms with Crippen molar-refractivity contribution in [1.29, 1.82) is 0 Å². The lowest BCUT2D eigenvalue weighted by Gasteiger charge is -2.34. The van der Waals surface area contributed by atoms with Gasteiger partial charge in [0.1, 0.15) is 5.69 Å². The molecule has 1 amide bonds. The lowest BCUT2D eigenvalue weighted by Crippen LogP contribution is -2.49. The summed E-state index contributed by atoms with van der Waals surface area (Å²) in [4.78, 5) is 25.1. The van der Waals surface area contributed by atoms with Gasteiger partial charge in [0.15, 0.2) is 0 Å². The molecule has 2 aromatic heterocycles. The molecule has 1 aliphatic heterocycles. The summed E-state index contributed by atoms with van der Waals surface area (Å²) < 4.78 is 1.77. The number of carbonyl (C=O) groups is 1. The number of hydrogen-bond donors (Lipinski definition) is 0. The quantitative estimate of drug-likeness (QED) is 0.845. The van der Waals surface area contributed by atoms with E-state index in [1.54, 1.807) is 23.1 Å². The van der Waals surface area contributed by atoms with E-state index >= 15 is 0 Å². The van der Waals surface area contributed by atoms with Crippen molar-refractivity contribution in [3.63, 3.8) is 0 Å². The lowest BCUT2D eigenvalue weighted by atomic mass is 10.2. The highest BCUT2D eigenvalue weighted by Gasteiger charge is 2.25. The minimum absolute atomic E-state index is 0.0519. The number of aromatic nitrogens is 4. The van der Waals surface area contributed by atoms with Crippen LogP contribution in [0.5, 0.6) is 0 Å². The van der Waals surface area contributed by atoms with Gasteiger partial charge in [0.2, 0.25) is 5.95 Å². The Morgan fingerprint density at radius 2 is 1.86 bits per heavy atom. The highest BCUT2D eigenvalue weighted by Crippen LogP contribution is 2.13. The average molecular weight is 300 g/mol. The molecule has 0 bridgehead atoms. The molecule has 7 nitrogen and oxygen atoms in total. The number of rotatable bonds is 3. The number of hydrogen-bond acceptors (Lipinski definition) is 5. The van der Waals surface area contributed by atoms with E-state index in [1.165, 1.54) is 0 Å². The second kappa shape index (κ2) is 6.13. The number of nitrogens with zero attached hydrogens (tertiary/aromatic N) is 6. The van der Waals surface area contributed by atoms with Crippen LogP contribution in [0.3, 0.4) is 0 Å². The average Bonchev–Trinajstić information content (AvgIpc) is 2.96. The molecule has 7 heteroatoms. The number of amides is 1. The van der Waals surface area contributed by atoms with Crippen molar-refractivity contribution >= 4 is 11.9 Å². The first-order valence-corrected chi connectivity index (χ1v) is 7.54. The van der Waals surface area contributed by atoms with Crippen LogP contribution in [0.1, 0.15) is 23.1 Å². The molecule has 0 N–H and O–H groups in total. The lowest BCUT2D eigenvalue weighted by molar-refractivity contribution is 0.0733. The molecule has 22 heavy (non-hydrogen) atoms. The molecule has 116 valence electrons. The number of aryl methyl sites for hydroxylation is 2. The van der Waals surface area contributed by atoms with Gasteiger partial charge in [-0.1, -0.05) is 0 Å². The molecule has 0 aromatic carbocycles. The molecule has 1 aliphatic rings. The van der Waals surface area contributed by atoms with Crippen molar-refractivity contribution in [2.75, 3.05) is 31.1 Å². The number of carbonyl (C=O) groups excluding carboxylic acids is 1. The van der Waals surface area contributed by atoms with Crippen LogP contribution in [0.25, 0.3) is 0 Å². The summed E-state index contributed by atoms with van der Waals surface area (Å²) in [7, 11) is 0. The van der Waals surface area contributed by atoms with E-state index in [0.29, 0.717) is 25.3 Å². The topological polar surface area (TPSA) is 67.2 Å². The van der Waals surface area contributed by atoms with Gasteiger partial charge >= 0.3 is 0 Å². The van der Waals surface area contributed by atoms with Gasteiger partial charge in [-0.2, -0.15) is 5.10 Å². The Balaban J connectivity index is 1.67. The van der Waals surface area contributed by atoms with Crippen molar-refractivity contribution in [1.82, 2.24) is 24.6 Å². The first kappa shape index (κ1) is 14.5. The molecule has 2 aromatic rings. The van der Waals surface area contributed by atoms with E-state index in [9.17, 15) is 4.79 Å². The summed E-state index contributed by atoms with van der Waals surface area (Å²) in [5.41, 5.74) is 1.55. The molecule has 0 spiro atoms. The SMILES string of the molecule is CCn1nc(C)cc1C(=O)N1CCN(c2ncccn2)CC1. The zero-order valence-electron chi connectivity index (χ0n) is 12.9. The molecule has 0 aliphatic carbocycles. The van der Waals surface area contributed by atoms with Crippen LogP contribution in [0, 0.1) is 6.92 Å². The van der Waals surface area contributed by atoms with Gasteiger partial charge in [0.25, 0.3) is 5.91 Å². The molecule has 0 radical (unpaired) electrons. The fraction of sp³-hybridized carbons (Fsp3) is 0.467. The summed E-state index contributed by atoms with van der Waals surface area (Å²) >= 11 is 0. The van der Waals surface area contributed by atoms with Gasteiger partial charge < -0.3 is 9.80 Å². The smallest absolute Gasteiger partial charge is 0.272 e. The van der Waals surface area contributed by atoms with E-state index in [-0.39, 0.29) is 5.91 Å². The molecule has 3 rings (SSSR count). The van der Waals surface area contributed by atoms with Crippen molar-refractivity contribution in [3.8, 4) is 0 Å². The Bertz CT molecular complexity index is 645. The van der Waals surface area contributed by atoms with E-state index in [0.717, 1.165) is 24.7 Å². The standard InChI is InChI=1S/C15H20N6O/c1-3-21-13(11-12(2)18-21)14(22)19-7-9-20(10-8-19)15-16-5-4-6-17-15/h4-6,11H,3,7-10H2,1-2H3.